The van der Waals surface area contributed by atoms with E-state index in [1.165, 1.54) is 12.1 Å². The van der Waals surface area contributed by atoms with Crippen molar-refractivity contribution in [2.75, 3.05) is 31.1 Å². The highest BCUT2D eigenvalue weighted by atomic mass is 19.1. The normalized spacial score (nSPS) is 18.4. The average molecular weight is 514 g/mol. The fraction of sp³-hybridized carbons (Fsp3) is 0.355. The molecule has 0 radical (unpaired) electrons. The Balaban J connectivity index is 1.41. The molecule has 1 amide bonds. The van der Waals surface area contributed by atoms with Gasteiger partial charge in [0.05, 0.1) is 17.7 Å². The predicted octanol–water partition coefficient (Wildman–Crippen LogP) is 5.31. The molecule has 2 fully saturated rings. The number of nitrogens with zero attached hydrogens (tertiary/aromatic N) is 3. The third-order valence-corrected chi connectivity index (χ3v) is 7.72. The summed E-state index contributed by atoms with van der Waals surface area (Å²) in [6.07, 6.45) is 2.88. The van der Waals surface area contributed by atoms with Crippen molar-refractivity contribution in [1.29, 1.82) is 0 Å². The van der Waals surface area contributed by atoms with Crippen molar-refractivity contribution in [3.05, 3.63) is 83.7 Å². The number of aromatic nitrogens is 1. The van der Waals surface area contributed by atoms with Gasteiger partial charge >= 0.3 is 0 Å². The number of ether oxygens (including phenoxy) is 1. The minimum Gasteiger partial charge on any atom is -0.393 e. The summed E-state index contributed by atoms with van der Waals surface area (Å²) in [6, 6.07) is 20.4. The Hall–Kier alpha value is -3.55. The molecule has 7 heteroatoms. The van der Waals surface area contributed by atoms with Gasteiger partial charge in [0.25, 0.3) is 5.91 Å². The van der Waals surface area contributed by atoms with Gasteiger partial charge in [-0.05, 0) is 60.7 Å². The Morgan fingerprint density at radius 2 is 1.84 bits per heavy atom. The molecule has 3 aromatic carbocycles. The van der Waals surface area contributed by atoms with Gasteiger partial charge in [0.1, 0.15) is 11.6 Å². The number of benzene rings is 3. The van der Waals surface area contributed by atoms with E-state index >= 15 is 0 Å². The topological polar surface area (TPSA) is 65.9 Å². The third kappa shape index (κ3) is 5.08. The number of hydrogen-bond donors (Lipinski definition) is 1. The van der Waals surface area contributed by atoms with E-state index in [-0.39, 0.29) is 23.9 Å². The van der Waals surface area contributed by atoms with E-state index in [0.717, 1.165) is 40.4 Å². The number of anilines is 1. The quantitative estimate of drug-likeness (QED) is 0.379. The lowest BCUT2D eigenvalue weighted by molar-refractivity contribution is 0.0509. The SMILES string of the molecule is O=C(c1cccc2ccccc12)N(Cc1cc2ccc(F)cc2nc1N1CCC(O)CC1)CC1CCCO1. The van der Waals surface area contributed by atoms with Crippen LogP contribution in [0.5, 0.6) is 0 Å². The number of pyridine rings is 1. The molecule has 2 saturated heterocycles. The first-order valence-electron chi connectivity index (χ1n) is 13.5. The van der Waals surface area contributed by atoms with Gasteiger partial charge in [0.15, 0.2) is 0 Å². The number of carbonyl (C=O) groups excluding carboxylic acids is 1. The van der Waals surface area contributed by atoms with Crippen LogP contribution >= 0.6 is 0 Å². The van der Waals surface area contributed by atoms with Crippen LogP contribution in [0.4, 0.5) is 10.2 Å². The van der Waals surface area contributed by atoms with Crippen molar-refractivity contribution in [3.8, 4) is 0 Å². The fourth-order valence-corrected chi connectivity index (χ4v) is 5.68. The van der Waals surface area contributed by atoms with Crippen molar-refractivity contribution in [2.24, 2.45) is 0 Å². The molecule has 4 aromatic rings. The second-order valence-corrected chi connectivity index (χ2v) is 10.4. The van der Waals surface area contributed by atoms with Crippen LogP contribution < -0.4 is 4.90 Å². The number of aliphatic hydroxyl groups excluding tert-OH is 1. The molecule has 38 heavy (non-hydrogen) atoms. The van der Waals surface area contributed by atoms with Gasteiger partial charge < -0.3 is 19.6 Å². The number of aliphatic hydroxyl groups is 1. The summed E-state index contributed by atoms with van der Waals surface area (Å²) in [5, 5.41) is 12.9. The van der Waals surface area contributed by atoms with Gasteiger partial charge in [-0.1, -0.05) is 36.4 Å². The number of hydrogen-bond acceptors (Lipinski definition) is 5. The molecular weight excluding hydrogens is 481 g/mol. The molecule has 1 aromatic heterocycles. The van der Waals surface area contributed by atoms with Crippen LogP contribution in [0.3, 0.4) is 0 Å². The lowest BCUT2D eigenvalue weighted by Gasteiger charge is -2.33. The van der Waals surface area contributed by atoms with Crippen LogP contribution in [0.15, 0.2) is 66.7 Å². The zero-order valence-electron chi connectivity index (χ0n) is 21.4. The molecule has 1 atom stereocenters. The van der Waals surface area contributed by atoms with E-state index < -0.39 is 0 Å². The smallest absolute Gasteiger partial charge is 0.254 e. The van der Waals surface area contributed by atoms with E-state index in [4.69, 9.17) is 9.72 Å². The molecule has 0 bridgehead atoms. The van der Waals surface area contributed by atoms with Crippen molar-refractivity contribution in [3.63, 3.8) is 0 Å². The minimum atomic E-state index is -0.330. The lowest BCUT2D eigenvalue weighted by Crippen LogP contribution is -2.39. The first-order valence-corrected chi connectivity index (χ1v) is 13.5. The van der Waals surface area contributed by atoms with Crippen LogP contribution in [-0.2, 0) is 11.3 Å². The Morgan fingerprint density at radius 1 is 1.03 bits per heavy atom. The second-order valence-electron chi connectivity index (χ2n) is 10.4. The maximum atomic E-state index is 14.1. The summed E-state index contributed by atoms with van der Waals surface area (Å²) in [4.78, 5) is 23.1. The molecule has 196 valence electrons. The monoisotopic (exact) mass is 513 g/mol. The van der Waals surface area contributed by atoms with Crippen LogP contribution in [0.2, 0.25) is 0 Å². The third-order valence-electron chi connectivity index (χ3n) is 7.72. The van der Waals surface area contributed by atoms with Crippen LogP contribution in [0, 0.1) is 5.82 Å². The van der Waals surface area contributed by atoms with Gasteiger partial charge in [-0.25, -0.2) is 9.37 Å². The molecular formula is C31H32FN3O3. The van der Waals surface area contributed by atoms with Crippen LogP contribution in [0.25, 0.3) is 21.7 Å². The van der Waals surface area contributed by atoms with E-state index in [2.05, 4.69) is 4.90 Å². The Morgan fingerprint density at radius 3 is 2.66 bits per heavy atom. The molecule has 1 unspecified atom stereocenters. The van der Waals surface area contributed by atoms with Crippen molar-refractivity contribution in [1.82, 2.24) is 9.88 Å². The Bertz CT molecular complexity index is 1460. The van der Waals surface area contributed by atoms with Gasteiger partial charge in [-0.2, -0.15) is 0 Å². The second kappa shape index (κ2) is 10.7. The van der Waals surface area contributed by atoms with E-state index in [1.807, 2.05) is 53.4 Å². The number of rotatable bonds is 6. The van der Waals surface area contributed by atoms with Crippen LogP contribution in [0.1, 0.15) is 41.6 Å². The summed E-state index contributed by atoms with van der Waals surface area (Å²) >= 11 is 0. The molecule has 3 heterocycles. The zero-order chi connectivity index (χ0) is 26.1. The van der Waals surface area contributed by atoms with Gasteiger partial charge in [0.2, 0.25) is 0 Å². The summed E-state index contributed by atoms with van der Waals surface area (Å²) in [5.74, 6) is 0.374. The summed E-state index contributed by atoms with van der Waals surface area (Å²) in [6.45, 7) is 2.87. The van der Waals surface area contributed by atoms with Gasteiger partial charge in [-0.15, -0.1) is 0 Å². The Labute approximate surface area is 221 Å². The van der Waals surface area contributed by atoms with Crippen molar-refractivity contribution < 1.29 is 19.0 Å². The minimum absolute atomic E-state index is 0.00924. The van der Waals surface area contributed by atoms with Crippen molar-refractivity contribution in [2.45, 2.75) is 44.4 Å². The van der Waals surface area contributed by atoms with E-state index in [9.17, 15) is 14.3 Å². The summed E-state index contributed by atoms with van der Waals surface area (Å²) in [7, 11) is 0. The molecule has 0 aliphatic carbocycles. The highest BCUT2D eigenvalue weighted by Crippen LogP contribution is 2.30. The number of piperidine rings is 1. The average Bonchev–Trinajstić information content (AvgIpc) is 3.45. The molecule has 2 aliphatic rings. The molecule has 2 aliphatic heterocycles. The first-order chi connectivity index (χ1) is 18.5. The summed E-state index contributed by atoms with van der Waals surface area (Å²) in [5.41, 5.74) is 2.16. The molecule has 0 spiro atoms. The standard InChI is InChI=1S/C31H32FN3O3/c32-24-11-10-22-17-23(30(33-29(22)18-24)34-14-12-25(36)13-15-34)19-35(20-26-7-4-16-38-26)31(37)28-9-3-6-21-5-1-2-8-27(21)28/h1-3,5-6,8-11,17-18,25-26,36H,4,7,12-16,19-20H2. The largest absolute Gasteiger partial charge is 0.393 e. The fourth-order valence-electron chi connectivity index (χ4n) is 5.68. The number of fused-ring (bicyclic) bond motifs is 2. The predicted molar refractivity (Wildman–Crippen MR) is 147 cm³/mol. The maximum Gasteiger partial charge on any atom is 0.254 e. The van der Waals surface area contributed by atoms with E-state index in [0.29, 0.717) is 56.7 Å². The highest BCUT2D eigenvalue weighted by Gasteiger charge is 2.28. The van der Waals surface area contributed by atoms with Crippen LogP contribution in [-0.4, -0.2) is 59.3 Å². The molecule has 0 saturated carbocycles. The van der Waals surface area contributed by atoms with Crippen molar-refractivity contribution >= 4 is 33.4 Å². The molecule has 1 N–H and O–H groups in total. The maximum absolute atomic E-state index is 14.1. The van der Waals surface area contributed by atoms with Gasteiger partial charge in [-0.3, -0.25) is 4.79 Å². The summed E-state index contributed by atoms with van der Waals surface area (Å²) < 4.78 is 20.0. The first kappa shape index (κ1) is 24.8. The molecule has 6 nitrogen and oxygen atoms in total. The number of amides is 1. The Kier molecular flexibility index (Phi) is 6.96. The van der Waals surface area contributed by atoms with Gasteiger partial charge in [0, 0.05) is 55.4 Å². The highest BCUT2D eigenvalue weighted by molar-refractivity contribution is 6.07. The number of carbonyl (C=O) groups is 1. The molecule has 6 rings (SSSR count). The number of halogens is 1. The van der Waals surface area contributed by atoms with E-state index in [1.54, 1.807) is 6.07 Å². The zero-order valence-corrected chi connectivity index (χ0v) is 21.4. The lowest BCUT2D eigenvalue weighted by atomic mass is 10.0.